The molecule has 1 aliphatic carbocycles. The predicted molar refractivity (Wildman–Crippen MR) is 48.0 cm³/mol. The zero-order valence-corrected chi connectivity index (χ0v) is 8.25. The third kappa shape index (κ3) is 6.02. The van der Waals surface area contributed by atoms with E-state index in [1.807, 2.05) is 48.6 Å². The molecule has 1 aliphatic rings. The Morgan fingerprint density at radius 3 is 1.50 bits per heavy atom. The van der Waals surface area contributed by atoms with Crippen molar-refractivity contribution in [2.45, 2.75) is 6.42 Å². The number of hydrogen-bond donors (Lipinski definition) is 0. The van der Waals surface area contributed by atoms with Gasteiger partial charge in [-0.25, -0.2) is 12.2 Å². The van der Waals surface area contributed by atoms with Gasteiger partial charge in [0.1, 0.15) is 0 Å². The molecule has 0 heterocycles. The molecule has 0 nitrogen and oxygen atoms in total. The maximum atomic E-state index is 2.99. The Hall–Kier alpha value is -0.716. The topological polar surface area (TPSA) is 0 Å². The van der Waals surface area contributed by atoms with Gasteiger partial charge in [0.25, 0.3) is 0 Å². The van der Waals surface area contributed by atoms with Gasteiger partial charge in [-0.1, -0.05) is 36.4 Å². The van der Waals surface area contributed by atoms with E-state index >= 15 is 0 Å². The third-order valence-electron chi connectivity index (χ3n) is 1.25. The van der Waals surface area contributed by atoms with E-state index in [1.54, 1.807) is 0 Å². The molecule has 0 atom stereocenters. The van der Waals surface area contributed by atoms with E-state index in [2.05, 4.69) is 12.2 Å². The molecular formula is C11H11V-. The Balaban J connectivity index is 0.000000189. The summed E-state index contributed by atoms with van der Waals surface area (Å²) in [5.74, 6) is 0. The molecule has 0 N–H and O–H groups in total. The molecule has 12 heavy (non-hydrogen) atoms. The molecule has 0 fully saturated rings. The number of benzene rings is 1. The van der Waals surface area contributed by atoms with Gasteiger partial charge < -0.3 is 0 Å². The Morgan fingerprint density at radius 2 is 1.33 bits per heavy atom. The van der Waals surface area contributed by atoms with Crippen molar-refractivity contribution >= 4 is 0 Å². The summed E-state index contributed by atoms with van der Waals surface area (Å²) in [6.45, 7) is 0. The van der Waals surface area contributed by atoms with Crippen LogP contribution in [0.1, 0.15) is 6.42 Å². The summed E-state index contributed by atoms with van der Waals surface area (Å²) in [6.07, 6.45) is 10.0. The van der Waals surface area contributed by atoms with E-state index < -0.39 is 0 Å². The van der Waals surface area contributed by atoms with Crippen LogP contribution in [0.15, 0.2) is 54.6 Å². The second-order valence-corrected chi connectivity index (χ2v) is 2.16. The molecule has 1 aromatic rings. The van der Waals surface area contributed by atoms with Gasteiger partial charge in [-0.3, -0.25) is 6.08 Å². The minimum Gasteiger partial charge on any atom is -0.273 e. The fourth-order valence-electron chi connectivity index (χ4n) is 0.725. The zero-order chi connectivity index (χ0) is 7.78. The average Bonchev–Trinajstić information content (AvgIpc) is 2.64. The zero-order valence-electron chi connectivity index (χ0n) is 6.85. The Kier molecular flexibility index (Phi) is 7.88. The maximum absolute atomic E-state index is 2.99. The van der Waals surface area contributed by atoms with Crippen LogP contribution in [0.2, 0.25) is 0 Å². The molecule has 0 saturated heterocycles. The van der Waals surface area contributed by atoms with E-state index in [0.717, 1.165) is 6.42 Å². The van der Waals surface area contributed by atoms with Gasteiger partial charge in [0, 0.05) is 18.6 Å². The van der Waals surface area contributed by atoms with Crippen molar-refractivity contribution in [1.82, 2.24) is 0 Å². The summed E-state index contributed by atoms with van der Waals surface area (Å²) in [5.41, 5.74) is 0. The van der Waals surface area contributed by atoms with E-state index in [1.165, 1.54) is 0 Å². The molecule has 0 amide bonds. The predicted octanol–water partition coefficient (Wildman–Crippen LogP) is 2.99. The Labute approximate surface area is 85.9 Å². The van der Waals surface area contributed by atoms with Gasteiger partial charge in [-0.05, 0) is 0 Å². The normalized spacial score (nSPS) is 11.3. The summed E-state index contributed by atoms with van der Waals surface area (Å²) in [7, 11) is 0. The van der Waals surface area contributed by atoms with Crippen LogP contribution >= 0.6 is 0 Å². The van der Waals surface area contributed by atoms with Crippen LogP contribution in [0.4, 0.5) is 0 Å². The van der Waals surface area contributed by atoms with Gasteiger partial charge >= 0.3 is 0 Å². The van der Waals surface area contributed by atoms with Crippen molar-refractivity contribution in [2.75, 3.05) is 0 Å². The molecule has 0 aliphatic heterocycles. The fourth-order valence-corrected chi connectivity index (χ4v) is 0.725. The Bertz CT molecular complexity index is 187. The molecule has 1 aromatic carbocycles. The van der Waals surface area contributed by atoms with E-state index in [0.29, 0.717) is 0 Å². The maximum Gasteiger partial charge on any atom is 0 e. The summed E-state index contributed by atoms with van der Waals surface area (Å²) in [6, 6.07) is 12.0. The molecule has 0 spiro atoms. The standard InChI is InChI=1S/C6H6.C5H5.V/c1-2-4-6-5-3-1;1-2-4-5-3-1;/h1-6H;1-3H,4H2;/q;-1;. The van der Waals surface area contributed by atoms with Crippen LogP contribution in [0, 0.1) is 6.08 Å². The van der Waals surface area contributed by atoms with Crippen molar-refractivity contribution in [3.8, 4) is 0 Å². The first-order valence-corrected chi connectivity index (χ1v) is 3.72. The van der Waals surface area contributed by atoms with Gasteiger partial charge in [0.15, 0.2) is 0 Å². The second-order valence-electron chi connectivity index (χ2n) is 2.16. The monoisotopic (exact) mass is 194 g/mol. The molecule has 1 radical (unpaired) electrons. The molecule has 1 heteroatoms. The Morgan fingerprint density at radius 1 is 0.833 bits per heavy atom. The summed E-state index contributed by atoms with van der Waals surface area (Å²) in [5, 5.41) is 0. The van der Waals surface area contributed by atoms with Crippen LogP contribution in [0.3, 0.4) is 0 Å². The summed E-state index contributed by atoms with van der Waals surface area (Å²) >= 11 is 0. The first-order chi connectivity index (χ1) is 5.50. The number of rotatable bonds is 0. The van der Waals surface area contributed by atoms with Crippen molar-refractivity contribution in [3.63, 3.8) is 0 Å². The van der Waals surface area contributed by atoms with Crippen LogP contribution in [0.25, 0.3) is 0 Å². The van der Waals surface area contributed by atoms with E-state index in [9.17, 15) is 0 Å². The first-order valence-electron chi connectivity index (χ1n) is 3.72. The van der Waals surface area contributed by atoms with E-state index in [-0.39, 0.29) is 18.6 Å². The van der Waals surface area contributed by atoms with Crippen molar-refractivity contribution in [1.29, 1.82) is 0 Å². The quantitative estimate of drug-likeness (QED) is 0.557. The molecule has 0 aromatic heterocycles. The van der Waals surface area contributed by atoms with Gasteiger partial charge in [-0.2, -0.15) is 6.08 Å². The van der Waals surface area contributed by atoms with Crippen LogP contribution < -0.4 is 0 Å². The minimum absolute atomic E-state index is 0. The molecule has 2 rings (SSSR count). The third-order valence-corrected chi connectivity index (χ3v) is 1.25. The molecule has 61 valence electrons. The first kappa shape index (κ1) is 11.3. The van der Waals surface area contributed by atoms with Gasteiger partial charge in [-0.15, -0.1) is 6.42 Å². The SMILES string of the molecule is [C-]1=CC=CC1.[V].c1ccccc1. The fraction of sp³-hybridized carbons (Fsp3) is 0.0909. The summed E-state index contributed by atoms with van der Waals surface area (Å²) in [4.78, 5) is 0. The van der Waals surface area contributed by atoms with Crippen molar-refractivity contribution in [2.24, 2.45) is 0 Å². The molecular weight excluding hydrogens is 183 g/mol. The summed E-state index contributed by atoms with van der Waals surface area (Å²) < 4.78 is 0. The van der Waals surface area contributed by atoms with E-state index in [4.69, 9.17) is 0 Å². The smallest absolute Gasteiger partial charge is 0 e. The average molecular weight is 194 g/mol. The van der Waals surface area contributed by atoms with Crippen LogP contribution in [-0.4, -0.2) is 0 Å². The van der Waals surface area contributed by atoms with Crippen molar-refractivity contribution in [3.05, 3.63) is 60.7 Å². The van der Waals surface area contributed by atoms with Gasteiger partial charge in [0.2, 0.25) is 0 Å². The number of allylic oxidation sites excluding steroid dienone is 4. The van der Waals surface area contributed by atoms with Crippen LogP contribution in [0.5, 0.6) is 0 Å². The number of hydrogen-bond acceptors (Lipinski definition) is 0. The second kappa shape index (κ2) is 8.38. The minimum atomic E-state index is 0. The van der Waals surface area contributed by atoms with Crippen LogP contribution in [-0.2, 0) is 18.6 Å². The molecule has 0 bridgehead atoms. The largest absolute Gasteiger partial charge is 0.273 e. The molecule has 0 saturated carbocycles. The van der Waals surface area contributed by atoms with Gasteiger partial charge in [0.05, 0.1) is 0 Å². The molecule has 0 unspecified atom stereocenters. The van der Waals surface area contributed by atoms with Crippen molar-refractivity contribution < 1.29 is 18.6 Å².